The third-order valence-electron chi connectivity index (χ3n) is 13.3. The summed E-state index contributed by atoms with van der Waals surface area (Å²) in [5.41, 5.74) is -12.5. The van der Waals surface area contributed by atoms with E-state index in [0.717, 1.165) is 19.4 Å². The quantitative estimate of drug-likeness (QED) is 0.0115. The van der Waals surface area contributed by atoms with E-state index in [4.69, 9.17) is 4.74 Å². The number of benzene rings is 5. The molecule has 0 fully saturated rings. The van der Waals surface area contributed by atoms with Crippen molar-refractivity contribution in [2.75, 3.05) is 6.61 Å². The largest absolute Gasteiger partial charge is 0.462 e. The van der Waals surface area contributed by atoms with Crippen molar-refractivity contribution in [3.63, 3.8) is 0 Å². The highest BCUT2D eigenvalue weighted by Gasteiger charge is 2.52. The van der Waals surface area contributed by atoms with Crippen molar-refractivity contribution in [2.24, 2.45) is 0 Å². The van der Waals surface area contributed by atoms with Crippen LogP contribution < -0.4 is 26.4 Å². The highest BCUT2D eigenvalue weighted by atomic mass is 19.2. The van der Waals surface area contributed by atoms with Gasteiger partial charge in [-0.25, -0.2) is 97.2 Å². The number of nitrogens with zero attached hydrogens (tertiary/aromatic N) is 1. The van der Waals surface area contributed by atoms with Gasteiger partial charge in [-0.1, -0.05) is 121 Å². The van der Waals surface area contributed by atoms with Crippen molar-refractivity contribution in [1.29, 1.82) is 0 Å². The summed E-state index contributed by atoms with van der Waals surface area (Å²) in [5.74, 6) is -71.6. The number of hydrogen-bond donors (Lipinski definition) is 0. The summed E-state index contributed by atoms with van der Waals surface area (Å²) in [6, 6.07) is 13.8. The molecule has 0 bridgehead atoms. The fourth-order valence-electron chi connectivity index (χ4n) is 9.27. The van der Waals surface area contributed by atoms with E-state index in [0.29, 0.717) is 12.2 Å². The smallest absolute Gasteiger partial charge is 0.338 e. The molecule has 0 saturated carbocycles. The molecule has 1 aromatic heterocycles. The Kier molecular flexibility index (Phi) is 22.8. The molecule has 0 radical (unpaired) electrons. The van der Waals surface area contributed by atoms with Crippen molar-refractivity contribution in [1.82, 2.24) is 0 Å². The molecule has 0 aliphatic heterocycles. The summed E-state index contributed by atoms with van der Waals surface area (Å²) in [5, 5.41) is 0. The van der Waals surface area contributed by atoms with E-state index >= 15 is 35.1 Å². The van der Waals surface area contributed by atoms with E-state index in [2.05, 4.69) is 11.5 Å². The standard InChI is InChI=1S/C31H48NO2.C24BF20/c1-2-3-4-5-6-7-8-9-10-11-12-13-14-15-16-20-27-34-31(33)30-23-21-29(22-24-30)28-32-25-18-17-19-26-32;26-5-1(6(27)14(35)21(42)13(5)34)25(2-7(28)15(36)22(43)16(37)8(2)29,3-9(30)17(38)23(44)18(39)10(3)31)4-11(32)19(40)24(45)20(41)12(4)33/h17-19,21-26H,2-16,20,27-28H2,1H3;/q+1;-1. The number of pyridine rings is 1. The van der Waals surface area contributed by atoms with Gasteiger partial charge in [0.1, 0.15) is 52.7 Å². The minimum atomic E-state index is -7.22. The summed E-state index contributed by atoms with van der Waals surface area (Å²) in [6.45, 7) is 3.61. The van der Waals surface area contributed by atoms with Gasteiger partial charge in [-0.15, -0.1) is 21.9 Å². The predicted molar refractivity (Wildman–Crippen MR) is 251 cm³/mol. The van der Waals surface area contributed by atoms with Gasteiger partial charge in [0.2, 0.25) is 0 Å². The fourth-order valence-corrected chi connectivity index (χ4v) is 9.27. The molecule has 3 nitrogen and oxygen atoms in total. The van der Waals surface area contributed by atoms with Gasteiger partial charge in [-0.3, -0.25) is 0 Å². The molecule has 428 valence electrons. The SMILES string of the molecule is CCCCCCCCCCCCCCCCCCOC(=O)c1ccc(C[n+]2ccccc2)cc1.Fc1c(F)c(F)c([B-](c2c(F)c(F)c(F)c(F)c2F)(c2c(F)c(F)c(F)c(F)c2F)c2c(F)c(F)c(F)c(F)c2F)c(F)c1F. The Hall–Kier alpha value is -6.62. The molecule has 0 aliphatic carbocycles. The normalized spacial score (nSPS) is 11.6. The van der Waals surface area contributed by atoms with Crippen LogP contribution in [0.5, 0.6) is 0 Å². The Labute approximate surface area is 440 Å². The van der Waals surface area contributed by atoms with Gasteiger partial charge >= 0.3 is 5.97 Å². The third kappa shape index (κ3) is 13.7. The average Bonchev–Trinajstić information content (AvgIpc) is 3.25. The first-order chi connectivity index (χ1) is 37.5. The number of ether oxygens (including phenoxy) is 1. The molecule has 0 amide bonds. The Morgan fingerprint density at radius 3 is 0.886 bits per heavy atom. The summed E-state index contributed by atoms with van der Waals surface area (Å²) < 4.78 is 302. The zero-order valence-electron chi connectivity index (χ0n) is 41.8. The van der Waals surface area contributed by atoms with Gasteiger partial charge in [0.15, 0.2) is 88.7 Å². The second-order valence-electron chi connectivity index (χ2n) is 18.5. The first kappa shape index (κ1) is 63.2. The van der Waals surface area contributed by atoms with Crippen LogP contribution in [0.2, 0.25) is 0 Å². The maximum absolute atomic E-state index is 15.4. The molecule has 0 atom stereocenters. The van der Waals surface area contributed by atoms with Gasteiger partial charge in [-0.05, 0) is 18.6 Å². The summed E-state index contributed by atoms with van der Waals surface area (Å²) in [6.07, 6.45) is 18.5. The molecule has 24 heteroatoms. The Bertz CT molecular complexity index is 2710. The van der Waals surface area contributed by atoms with E-state index in [1.54, 1.807) is 0 Å². The van der Waals surface area contributed by atoms with Gasteiger partial charge in [-0.2, -0.15) is 0 Å². The minimum absolute atomic E-state index is 0.208. The van der Waals surface area contributed by atoms with Crippen LogP contribution in [-0.2, 0) is 11.3 Å². The molecule has 6 rings (SSSR count). The molecular weight excluding hydrogens is 1100 g/mol. The van der Waals surface area contributed by atoms with E-state index in [1.807, 2.05) is 54.9 Å². The van der Waals surface area contributed by atoms with Gasteiger partial charge < -0.3 is 4.74 Å². The summed E-state index contributed by atoms with van der Waals surface area (Å²) in [4.78, 5) is 12.2. The molecule has 0 unspecified atom stereocenters. The summed E-state index contributed by atoms with van der Waals surface area (Å²) in [7, 11) is 0. The zero-order chi connectivity index (χ0) is 58.5. The lowest BCUT2D eigenvalue weighted by Gasteiger charge is -2.44. The van der Waals surface area contributed by atoms with Crippen LogP contribution in [0.15, 0.2) is 54.9 Å². The lowest BCUT2D eigenvalue weighted by Crippen LogP contribution is -2.81. The molecule has 0 aliphatic rings. The number of aromatic nitrogens is 1. The van der Waals surface area contributed by atoms with Crippen molar-refractivity contribution in [3.8, 4) is 0 Å². The number of carbonyl (C=O) groups excluding carboxylic acids is 1. The second-order valence-corrected chi connectivity index (χ2v) is 18.5. The van der Waals surface area contributed by atoms with Gasteiger partial charge in [0.25, 0.3) is 0 Å². The van der Waals surface area contributed by atoms with Crippen molar-refractivity contribution >= 4 is 34.0 Å². The number of halogens is 20. The van der Waals surface area contributed by atoms with E-state index in [9.17, 15) is 57.5 Å². The number of unbranched alkanes of at least 4 members (excludes halogenated alkanes) is 15. The molecule has 6 aromatic rings. The molecule has 5 aromatic carbocycles. The Morgan fingerprint density at radius 2 is 0.608 bits per heavy atom. The Balaban J connectivity index is 0.000000303. The first-order valence-electron chi connectivity index (χ1n) is 24.9. The first-order valence-corrected chi connectivity index (χ1v) is 24.9. The van der Waals surface area contributed by atoms with Crippen LogP contribution >= 0.6 is 0 Å². The fraction of sp³-hybridized carbons (Fsp3) is 0.345. The van der Waals surface area contributed by atoms with Crippen LogP contribution in [0.25, 0.3) is 0 Å². The predicted octanol–water partition coefficient (Wildman–Crippen LogP) is 14.3. The van der Waals surface area contributed by atoms with Crippen molar-refractivity contribution in [2.45, 2.75) is 116 Å². The van der Waals surface area contributed by atoms with Gasteiger partial charge in [0, 0.05) is 17.7 Å². The van der Waals surface area contributed by atoms with Crippen LogP contribution in [0.3, 0.4) is 0 Å². The molecule has 1 heterocycles. The topological polar surface area (TPSA) is 30.2 Å². The van der Waals surface area contributed by atoms with Crippen LogP contribution in [0, 0.1) is 116 Å². The highest BCUT2D eigenvalue weighted by Crippen LogP contribution is 2.31. The van der Waals surface area contributed by atoms with E-state index in [-0.39, 0.29) is 5.97 Å². The van der Waals surface area contributed by atoms with E-state index in [1.165, 1.54) is 95.5 Å². The maximum atomic E-state index is 15.4. The lowest BCUT2D eigenvalue weighted by molar-refractivity contribution is -0.688. The monoisotopic (exact) mass is 1150 g/mol. The average molecular weight is 1150 g/mol. The van der Waals surface area contributed by atoms with E-state index < -0.39 is 144 Å². The third-order valence-corrected chi connectivity index (χ3v) is 13.3. The minimum Gasteiger partial charge on any atom is -0.462 e. The summed E-state index contributed by atoms with van der Waals surface area (Å²) >= 11 is 0. The molecular formula is C55H48BF20NO2. The van der Waals surface area contributed by atoms with Gasteiger partial charge in [0.05, 0.1) is 12.2 Å². The molecule has 0 N–H and O–H groups in total. The van der Waals surface area contributed by atoms with Crippen LogP contribution in [0.4, 0.5) is 87.8 Å². The van der Waals surface area contributed by atoms with Crippen molar-refractivity contribution < 1.29 is 102 Å². The zero-order valence-corrected chi connectivity index (χ0v) is 41.8. The van der Waals surface area contributed by atoms with Crippen molar-refractivity contribution in [3.05, 3.63) is 182 Å². The van der Waals surface area contributed by atoms with Crippen LogP contribution in [-0.4, -0.2) is 18.7 Å². The highest BCUT2D eigenvalue weighted by molar-refractivity contribution is 7.20. The number of carbonyl (C=O) groups is 1. The molecule has 0 saturated heterocycles. The molecule has 79 heavy (non-hydrogen) atoms. The Morgan fingerprint density at radius 1 is 0.354 bits per heavy atom. The second kappa shape index (κ2) is 28.5. The number of rotatable bonds is 24. The number of esters is 1. The molecule has 0 spiro atoms. The lowest BCUT2D eigenvalue weighted by atomic mass is 9.12. The number of hydrogen-bond acceptors (Lipinski definition) is 2. The maximum Gasteiger partial charge on any atom is 0.338 e. The van der Waals surface area contributed by atoms with Crippen LogP contribution in [0.1, 0.15) is 126 Å².